The van der Waals surface area contributed by atoms with Gasteiger partial charge < -0.3 is 28.2 Å². The number of piperazine rings is 1. The van der Waals surface area contributed by atoms with Gasteiger partial charge >= 0.3 is 12.0 Å². The second kappa shape index (κ2) is 13.2. The molecule has 2 heterocycles. The Morgan fingerprint density at radius 3 is 2.38 bits per heavy atom. The number of rotatable bonds is 9. The lowest BCUT2D eigenvalue weighted by Gasteiger charge is -2.39. The third kappa shape index (κ3) is 6.51. The second-order valence-electron chi connectivity index (χ2n) is 10.5. The Hall–Kier alpha value is -4.11. The number of furan rings is 1. The van der Waals surface area contributed by atoms with Gasteiger partial charge in [-0.15, -0.1) is 0 Å². The first kappa shape index (κ1) is 29.4. The van der Waals surface area contributed by atoms with Crippen molar-refractivity contribution in [2.45, 2.75) is 25.2 Å². The summed E-state index contributed by atoms with van der Waals surface area (Å²) in [7, 11) is 3.59. The molecule has 0 N–H and O–H groups in total. The van der Waals surface area contributed by atoms with Crippen LogP contribution in [0.4, 0.5) is 16.2 Å². The molecule has 3 aromatic carbocycles. The topological polar surface area (TPSA) is 69.5 Å². The fourth-order valence-electron chi connectivity index (χ4n) is 5.23. The molecule has 0 aliphatic carbocycles. The molecule has 9 heteroatoms. The lowest BCUT2D eigenvalue weighted by molar-refractivity contribution is 0.0491. The molecular formula is C33H38N4O4S. The van der Waals surface area contributed by atoms with E-state index in [4.69, 9.17) is 9.15 Å². The van der Waals surface area contributed by atoms with Crippen LogP contribution in [0.2, 0.25) is 0 Å². The maximum absolute atomic E-state index is 12.5. The van der Waals surface area contributed by atoms with Gasteiger partial charge in [0.05, 0.1) is 18.0 Å². The van der Waals surface area contributed by atoms with Gasteiger partial charge in [-0.1, -0.05) is 42.5 Å². The normalized spacial score (nSPS) is 13.3. The van der Waals surface area contributed by atoms with Gasteiger partial charge in [0.15, 0.2) is 0 Å². The minimum atomic E-state index is -0.439. The van der Waals surface area contributed by atoms with Crippen LogP contribution in [0.15, 0.2) is 82.1 Å². The Kier molecular flexibility index (Phi) is 9.27. The zero-order chi connectivity index (χ0) is 29.6. The van der Waals surface area contributed by atoms with Crippen molar-refractivity contribution in [3.05, 3.63) is 89.7 Å². The third-order valence-corrected chi connectivity index (χ3v) is 8.52. The van der Waals surface area contributed by atoms with Gasteiger partial charge in [-0.05, 0) is 68.1 Å². The molecule has 0 unspecified atom stereocenters. The van der Waals surface area contributed by atoms with Crippen LogP contribution in [0.3, 0.4) is 0 Å². The number of fused-ring (bicyclic) bond motifs is 1. The summed E-state index contributed by atoms with van der Waals surface area (Å²) in [5, 5.41) is 0.904. The van der Waals surface area contributed by atoms with E-state index < -0.39 is 5.97 Å². The molecule has 8 nitrogen and oxygen atoms in total. The van der Waals surface area contributed by atoms with Gasteiger partial charge in [-0.25, -0.2) is 9.59 Å². The van der Waals surface area contributed by atoms with E-state index >= 15 is 0 Å². The van der Waals surface area contributed by atoms with Gasteiger partial charge in [0, 0.05) is 62.7 Å². The molecule has 2 amide bonds. The molecule has 1 aromatic heterocycles. The average Bonchev–Trinajstić information content (AvgIpc) is 3.35. The number of benzene rings is 3. The van der Waals surface area contributed by atoms with Crippen LogP contribution >= 0.6 is 11.9 Å². The fourth-order valence-corrected chi connectivity index (χ4v) is 6.22. The number of hydrogen-bond acceptors (Lipinski definition) is 7. The number of anilines is 2. The first-order valence-electron chi connectivity index (χ1n) is 14.4. The quantitative estimate of drug-likeness (QED) is 0.164. The molecule has 0 atom stereocenters. The van der Waals surface area contributed by atoms with Crippen molar-refractivity contribution in [1.82, 2.24) is 9.80 Å². The molecule has 0 bridgehead atoms. The maximum Gasteiger partial charge on any atom is 0.374 e. The van der Waals surface area contributed by atoms with E-state index in [-0.39, 0.29) is 11.8 Å². The third-order valence-electron chi connectivity index (χ3n) is 7.45. The van der Waals surface area contributed by atoms with E-state index in [1.165, 1.54) is 5.56 Å². The monoisotopic (exact) mass is 586 g/mol. The van der Waals surface area contributed by atoms with E-state index in [0.29, 0.717) is 25.3 Å². The highest BCUT2D eigenvalue weighted by molar-refractivity contribution is 8.00. The number of para-hydroxylation sites is 2. The molecule has 0 spiro atoms. The van der Waals surface area contributed by atoms with Crippen molar-refractivity contribution in [3.8, 4) is 0 Å². The summed E-state index contributed by atoms with van der Waals surface area (Å²) in [6.45, 7) is 7.68. The van der Waals surface area contributed by atoms with E-state index in [1.807, 2.05) is 30.0 Å². The predicted molar refractivity (Wildman–Crippen MR) is 170 cm³/mol. The van der Waals surface area contributed by atoms with Crippen molar-refractivity contribution >= 4 is 46.3 Å². The first-order chi connectivity index (χ1) is 20.4. The number of aryl methyl sites for hydroxylation is 1. The van der Waals surface area contributed by atoms with E-state index in [0.717, 1.165) is 53.3 Å². The smallest absolute Gasteiger partial charge is 0.374 e. The Balaban J connectivity index is 1.43. The number of carbonyl (C=O) groups excluding carboxylic acids is 2. The summed E-state index contributed by atoms with van der Waals surface area (Å²) in [6.07, 6.45) is 0.882. The molecule has 1 saturated heterocycles. The number of carbonyl (C=O) groups is 2. The first-order valence-corrected chi connectivity index (χ1v) is 15.1. The molecule has 4 aromatic rings. The zero-order valence-electron chi connectivity index (χ0n) is 24.7. The van der Waals surface area contributed by atoms with Crippen molar-refractivity contribution in [2.75, 3.05) is 62.6 Å². The molecule has 5 rings (SSSR count). The minimum Gasteiger partial charge on any atom is -0.460 e. The van der Waals surface area contributed by atoms with Gasteiger partial charge in [0.1, 0.15) is 5.58 Å². The van der Waals surface area contributed by atoms with Crippen molar-refractivity contribution in [3.63, 3.8) is 0 Å². The average molecular weight is 587 g/mol. The van der Waals surface area contributed by atoms with Gasteiger partial charge in [0.2, 0.25) is 5.76 Å². The molecular weight excluding hydrogens is 548 g/mol. The van der Waals surface area contributed by atoms with Crippen LogP contribution in [-0.4, -0.2) is 75.2 Å². The Morgan fingerprint density at radius 2 is 1.67 bits per heavy atom. The van der Waals surface area contributed by atoms with Crippen molar-refractivity contribution < 1.29 is 18.7 Å². The van der Waals surface area contributed by atoms with Gasteiger partial charge in [-0.3, -0.25) is 0 Å². The van der Waals surface area contributed by atoms with Crippen molar-refractivity contribution in [2.24, 2.45) is 0 Å². The molecule has 1 aliphatic heterocycles. The Labute approximate surface area is 251 Å². The number of hydrogen-bond donors (Lipinski definition) is 0. The largest absolute Gasteiger partial charge is 0.460 e. The van der Waals surface area contributed by atoms with Gasteiger partial charge in [-0.2, -0.15) is 0 Å². The van der Waals surface area contributed by atoms with Crippen LogP contribution in [0.1, 0.15) is 28.6 Å². The highest BCUT2D eigenvalue weighted by atomic mass is 32.2. The summed E-state index contributed by atoms with van der Waals surface area (Å²) in [5.41, 5.74) is 5.01. The van der Waals surface area contributed by atoms with Crippen LogP contribution in [0, 0.1) is 6.92 Å². The van der Waals surface area contributed by atoms with E-state index in [1.54, 1.807) is 37.9 Å². The Bertz CT molecular complexity index is 1530. The summed E-state index contributed by atoms with van der Waals surface area (Å²) in [5.74, 6) is -0.182. The molecule has 1 aliphatic rings. The van der Waals surface area contributed by atoms with E-state index in [9.17, 15) is 9.59 Å². The predicted octanol–water partition coefficient (Wildman–Crippen LogP) is 6.48. The number of nitrogens with zero attached hydrogens (tertiary/aromatic N) is 4. The number of esters is 1. The molecule has 1 fully saturated rings. The minimum absolute atomic E-state index is 0.0547. The van der Waals surface area contributed by atoms with E-state index in [2.05, 4.69) is 63.8 Å². The summed E-state index contributed by atoms with van der Waals surface area (Å²) >= 11 is 1.68. The zero-order valence-corrected chi connectivity index (χ0v) is 25.5. The molecule has 42 heavy (non-hydrogen) atoms. The highest BCUT2D eigenvalue weighted by Gasteiger charge is 2.25. The molecule has 0 radical (unpaired) electrons. The number of amides is 2. The summed E-state index contributed by atoms with van der Waals surface area (Å²) < 4.78 is 13.4. The highest BCUT2D eigenvalue weighted by Crippen LogP contribution is 2.38. The second-order valence-corrected chi connectivity index (χ2v) is 11.6. The van der Waals surface area contributed by atoms with Crippen molar-refractivity contribution in [1.29, 1.82) is 0 Å². The summed E-state index contributed by atoms with van der Waals surface area (Å²) in [4.78, 5) is 31.9. The van der Waals surface area contributed by atoms with Gasteiger partial charge in [0.25, 0.3) is 0 Å². The maximum atomic E-state index is 12.5. The number of ether oxygens (including phenoxy) is 1. The van der Waals surface area contributed by atoms with Crippen LogP contribution < -0.4 is 9.21 Å². The number of urea groups is 1. The van der Waals surface area contributed by atoms with Crippen LogP contribution in [-0.2, 0) is 11.2 Å². The standard InChI is InChI=1S/C33H38N4O4S/c1-5-40-32(38)31-24(2)27-23-26(15-16-30(27)41-31)42-37(18-17-25-11-7-6-8-12-25)29-14-10-9-13-28(29)35-19-21-36(22-20-35)33(39)34(3)4/h6-16,23H,5,17-22H2,1-4H3. The lowest BCUT2D eigenvalue weighted by Crippen LogP contribution is -2.51. The summed E-state index contributed by atoms with van der Waals surface area (Å²) in [6, 6.07) is 25.1. The lowest BCUT2D eigenvalue weighted by atomic mass is 10.1. The SMILES string of the molecule is CCOC(=O)c1oc2ccc(SN(CCc3ccccc3)c3ccccc3N3CCN(C(=O)N(C)C)CC3)cc2c1C. The molecule has 0 saturated carbocycles. The molecule has 220 valence electrons. The Morgan fingerprint density at radius 1 is 0.952 bits per heavy atom. The van der Waals surface area contributed by atoms with Crippen LogP contribution in [0.25, 0.3) is 11.0 Å². The fraction of sp³-hybridized carbons (Fsp3) is 0.333. The van der Waals surface area contributed by atoms with Crippen LogP contribution in [0.5, 0.6) is 0 Å².